The lowest BCUT2D eigenvalue weighted by molar-refractivity contribution is -0.0651. The zero-order valence-corrected chi connectivity index (χ0v) is 10.9. The van der Waals surface area contributed by atoms with E-state index in [4.69, 9.17) is 0 Å². The van der Waals surface area contributed by atoms with E-state index < -0.39 is 0 Å². The molecule has 3 saturated carbocycles. The maximum atomic E-state index is 2.56. The van der Waals surface area contributed by atoms with Crippen LogP contribution < -0.4 is 0 Å². The molecular weight excluding hydrogens is 180 g/mol. The number of fused-ring (bicyclic) bond motifs is 1. The van der Waals surface area contributed by atoms with E-state index in [2.05, 4.69) is 27.7 Å². The fourth-order valence-corrected chi connectivity index (χ4v) is 5.76. The highest BCUT2D eigenvalue weighted by Gasteiger charge is 2.66. The van der Waals surface area contributed by atoms with Gasteiger partial charge in [0.2, 0.25) is 0 Å². The normalized spacial score (nSPS) is 50.4. The SMILES string of the molecule is CC1(C)C2CC[C@@]3(C2)C1CCCC3(C)C. The van der Waals surface area contributed by atoms with Crippen LogP contribution in [0.5, 0.6) is 0 Å². The van der Waals surface area contributed by atoms with Gasteiger partial charge in [-0.15, -0.1) is 0 Å². The second kappa shape index (κ2) is 2.63. The summed E-state index contributed by atoms with van der Waals surface area (Å²) in [5.41, 5.74) is 2.01. The quantitative estimate of drug-likeness (QED) is 0.541. The summed E-state index contributed by atoms with van der Waals surface area (Å²) in [7, 11) is 0. The maximum Gasteiger partial charge on any atom is -0.0210 e. The largest absolute Gasteiger partial charge is 0.0594 e. The lowest BCUT2D eigenvalue weighted by Gasteiger charge is -2.56. The Hall–Kier alpha value is 0. The van der Waals surface area contributed by atoms with Crippen LogP contribution in [0.3, 0.4) is 0 Å². The molecule has 0 amide bonds. The molecule has 3 fully saturated rings. The van der Waals surface area contributed by atoms with Gasteiger partial charge in [0.25, 0.3) is 0 Å². The summed E-state index contributed by atoms with van der Waals surface area (Å²) in [4.78, 5) is 0. The molecule has 3 atom stereocenters. The van der Waals surface area contributed by atoms with Crippen molar-refractivity contribution in [3.63, 3.8) is 0 Å². The third-order valence-electron chi connectivity index (χ3n) is 6.81. The second-order valence-electron chi connectivity index (χ2n) is 7.75. The number of hydrogen-bond donors (Lipinski definition) is 0. The Bertz CT molecular complexity index is 286. The van der Waals surface area contributed by atoms with Crippen LogP contribution >= 0.6 is 0 Å². The van der Waals surface area contributed by atoms with Crippen molar-refractivity contribution in [2.24, 2.45) is 28.1 Å². The summed E-state index contributed by atoms with van der Waals surface area (Å²) in [6, 6.07) is 0. The Morgan fingerprint density at radius 3 is 2.33 bits per heavy atom. The van der Waals surface area contributed by atoms with E-state index in [0.717, 1.165) is 17.3 Å². The highest BCUT2D eigenvalue weighted by atomic mass is 14.7. The molecule has 0 aromatic carbocycles. The molecule has 2 bridgehead atoms. The summed E-state index contributed by atoms with van der Waals surface area (Å²) < 4.78 is 0. The topological polar surface area (TPSA) is 0 Å². The number of rotatable bonds is 0. The van der Waals surface area contributed by atoms with E-state index >= 15 is 0 Å². The minimum atomic E-state index is 0.623. The van der Waals surface area contributed by atoms with E-state index in [1.807, 2.05) is 0 Å². The Morgan fingerprint density at radius 2 is 1.67 bits per heavy atom. The molecule has 1 spiro atoms. The smallest absolute Gasteiger partial charge is 0.0210 e. The fraction of sp³-hybridized carbons (Fsp3) is 1.00. The summed E-state index contributed by atoms with van der Waals surface area (Å²) >= 11 is 0. The van der Waals surface area contributed by atoms with Gasteiger partial charge in [0.05, 0.1) is 0 Å². The van der Waals surface area contributed by atoms with Gasteiger partial charge in [0.1, 0.15) is 0 Å². The molecule has 0 aliphatic heterocycles. The standard InChI is InChI=1S/C15H26/c1-13(2)8-5-6-12-14(3,4)11-7-9-15(12,13)10-11/h11-12H,5-10H2,1-4H3/t11?,12?,15-/m1/s1. The van der Waals surface area contributed by atoms with Gasteiger partial charge in [0, 0.05) is 0 Å². The van der Waals surface area contributed by atoms with Crippen LogP contribution in [0, 0.1) is 28.1 Å². The summed E-state index contributed by atoms with van der Waals surface area (Å²) in [5.74, 6) is 2.08. The van der Waals surface area contributed by atoms with Crippen LogP contribution in [-0.2, 0) is 0 Å². The molecule has 0 N–H and O–H groups in total. The molecule has 0 nitrogen and oxygen atoms in total. The van der Waals surface area contributed by atoms with E-state index in [0.29, 0.717) is 10.8 Å². The molecule has 3 aliphatic rings. The van der Waals surface area contributed by atoms with Crippen molar-refractivity contribution in [2.75, 3.05) is 0 Å². The highest BCUT2D eigenvalue weighted by molar-refractivity contribution is 5.15. The Morgan fingerprint density at radius 1 is 0.933 bits per heavy atom. The third kappa shape index (κ3) is 0.996. The zero-order chi connectivity index (χ0) is 10.9. The summed E-state index contributed by atoms with van der Waals surface area (Å²) in [6.07, 6.45) is 9.10. The average Bonchev–Trinajstić information content (AvgIpc) is 2.63. The predicted octanol–water partition coefficient (Wildman–Crippen LogP) is 4.64. The van der Waals surface area contributed by atoms with Crippen molar-refractivity contribution in [1.82, 2.24) is 0 Å². The van der Waals surface area contributed by atoms with Crippen molar-refractivity contribution in [1.29, 1.82) is 0 Å². The van der Waals surface area contributed by atoms with Crippen LogP contribution in [0.1, 0.15) is 66.2 Å². The Kier molecular flexibility index (Phi) is 1.78. The molecule has 0 heteroatoms. The first-order valence-corrected chi connectivity index (χ1v) is 6.90. The van der Waals surface area contributed by atoms with Gasteiger partial charge in [-0.05, 0) is 60.2 Å². The first kappa shape index (κ1) is 10.2. The van der Waals surface area contributed by atoms with Crippen LogP contribution in [0.4, 0.5) is 0 Å². The number of hydrogen-bond acceptors (Lipinski definition) is 0. The molecular formula is C15H26. The van der Waals surface area contributed by atoms with Crippen LogP contribution in [0.2, 0.25) is 0 Å². The second-order valence-corrected chi connectivity index (χ2v) is 7.75. The first-order chi connectivity index (χ1) is 6.90. The molecule has 2 unspecified atom stereocenters. The molecule has 0 heterocycles. The minimum Gasteiger partial charge on any atom is -0.0594 e. The van der Waals surface area contributed by atoms with Crippen LogP contribution in [0.15, 0.2) is 0 Å². The molecule has 15 heavy (non-hydrogen) atoms. The Labute approximate surface area is 94.8 Å². The van der Waals surface area contributed by atoms with Crippen molar-refractivity contribution < 1.29 is 0 Å². The van der Waals surface area contributed by atoms with Gasteiger partial charge in [-0.25, -0.2) is 0 Å². The molecule has 0 aromatic rings. The monoisotopic (exact) mass is 206 g/mol. The van der Waals surface area contributed by atoms with E-state index in [9.17, 15) is 0 Å². The molecule has 0 aromatic heterocycles. The zero-order valence-electron chi connectivity index (χ0n) is 10.9. The Balaban J connectivity index is 2.07. The lowest BCUT2D eigenvalue weighted by atomic mass is 9.49. The minimum absolute atomic E-state index is 0.623. The van der Waals surface area contributed by atoms with Crippen molar-refractivity contribution in [3.8, 4) is 0 Å². The van der Waals surface area contributed by atoms with Crippen LogP contribution in [0.25, 0.3) is 0 Å². The van der Waals surface area contributed by atoms with E-state index in [1.165, 1.54) is 25.7 Å². The van der Waals surface area contributed by atoms with Crippen LogP contribution in [-0.4, -0.2) is 0 Å². The fourth-order valence-electron chi connectivity index (χ4n) is 5.76. The van der Waals surface area contributed by atoms with Gasteiger partial charge in [-0.2, -0.15) is 0 Å². The maximum absolute atomic E-state index is 2.56. The summed E-state index contributed by atoms with van der Waals surface area (Å²) in [6.45, 7) is 10.2. The van der Waals surface area contributed by atoms with Gasteiger partial charge in [-0.1, -0.05) is 34.1 Å². The van der Waals surface area contributed by atoms with Gasteiger partial charge in [0.15, 0.2) is 0 Å². The third-order valence-corrected chi connectivity index (χ3v) is 6.81. The molecule has 86 valence electrons. The molecule has 0 saturated heterocycles. The van der Waals surface area contributed by atoms with Crippen molar-refractivity contribution >= 4 is 0 Å². The summed E-state index contributed by atoms with van der Waals surface area (Å²) in [5, 5.41) is 0. The van der Waals surface area contributed by atoms with E-state index in [1.54, 1.807) is 12.8 Å². The average molecular weight is 206 g/mol. The lowest BCUT2D eigenvalue weighted by Crippen LogP contribution is -2.48. The molecule has 0 radical (unpaired) electrons. The van der Waals surface area contributed by atoms with Gasteiger partial charge >= 0.3 is 0 Å². The first-order valence-electron chi connectivity index (χ1n) is 6.90. The predicted molar refractivity (Wildman–Crippen MR) is 64.7 cm³/mol. The van der Waals surface area contributed by atoms with E-state index in [-0.39, 0.29) is 0 Å². The van der Waals surface area contributed by atoms with Crippen molar-refractivity contribution in [2.45, 2.75) is 66.2 Å². The molecule has 3 rings (SSSR count). The van der Waals surface area contributed by atoms with Crippen molar-refractivity contribution in [3.05, 3.63) is 0 Å². The van der Waals surface area contributed by atoms with Gasteiger partial charge < -0.3 is 0 Å². The molecule has 3 aliphatic carbocycles. The van der Waals surface area contributed by atoms with Gasteiger partial charge in [-0.3, -0.25) is 0 Å². The highest BCUT2D eigenvalue weighted by Crippen LogP contribution is 2.75.